The predicted octanol–water partition coefficient (Wildman–Crippen LogP) is 8.44. The van der Waals surface area contributed by atoms with Gasteiger partial charge in [0, 0.05) is 15.8 Å². The Kier molecular flexibility index (Phi) is 7.11. The first-order valence-electron chi connectivity index (χ1n) is 13.5. The lowest BCUT2D eigenvalue weighted by Crippen LogP contribution is -2.26. The molecule has 1 N–H and O–H groups in total. The summed E-state index contributed by atoms with van der Waals surface area (Å²) in [4.78, 5) is 19.9. The van der Waals surface area contributed by atoms with Crippen LogP contribution in [0.2, 0.25) is 0 Å². The fraction of sp³-hybridized carbons (Fsp3) is 0.364. The lowest BCUT2D eigenvalue weighted by atomic mass is 9.72. The van der Waals surface area contributed by atoms with Crippen molar-refractivity contribution in [3.05, 3.63) is 81.7 Å². The third-order valence-electron chi connectivity index (χ3n) is 7.68. The van der Waals surface area contributed by atoms with Crippen LogP contribution in [0.15, 0.2) is 54.6 Å². The van der Waals surface area contributed by atoms with E-state index in [0.717, 1.165) is 53.4 Å². The smallest absolute Gasteiger partial charge is 0.257 e. The van der Waals surface area contributed by atoms with Gasteiger partial charge in [-0.3, -0.25) is 4.79 Å². The van der Waals surface area contributed by atoms with E-state index in [4.69, 9.17) is 4.98 Å². The molecule has 1 amide bonds. The van der Waals surface area contributed by atoms with Gasteiger partial charge in [-0.25, -0.2) is 4.98 Å². The second-order valence-electron chi connectivity index (χ2n) is 11.9. The number of nitriles is 1. The highest BCUT2D eigenvalue weighted by Crippen LogP contribution is 2.44. The van der Waals surface area contributed by atoms with E-state index in [1.165, 1.54) is 10.4 Å². The Labute approximate surface area is 229 Å². The highest BCUT2D eigenvalue weighted by atomic mass is 32.1. The number of hydrogen-bond acceptors (Lipinski definition) is 4. The molecule has 0 spiro atoms. The van der Waals surface area contributed by atoms with E-state index >= 15 is 0 Å². The summed E-state index contributed by atoms with van der Waals surface area (Å²) < 4.78 is 0. The number of hydrogen-bond donors (Lipinski definition) is 1. The zero-order valence-electron chi connectivity index (χ0n) is 22.9. The molecule has 0 fully saturated rings. The SMILES string of the molecule is CC(C)Cc1ccc(-c2cc(C(=O)Nc3sc4c(c3C#N)CC[C@@H](C(C)(C)C)C4)c3ccccc3n2)cc1. The molecule has 0 unspecified atom stereocenters. The minimum Gasteiger partial charge on any atom is -0.312 e. The maximum absolute atomic E-state index is 13.7. The van der Waals surface area contributed by atoms with Gasteiger partial charge in [-0.2, -0.15) is 5.26 Å². The molecular formula is C33H35N3OS. The average molecular weight is 522 g/mol. The lowest BCUT2D eigenvalue weighted by molar-refractivity contribution is 0.102. The monoisotopic (exact) mass is 521 g/mol. The molecule has 5 rings (SSSR count). The Morgan fingerprint density at radius 3 is 2.58 bits per heavy atom. The summed E-state index contributed by atoms with van der Waals surface area (Å²) in [6.07, 6.45) is 3.95. The van der Waals surface area contributed by atoms with Gasteiger partial charge in [-0.15, -0.1) is 11.3 Å². The summed E-state index contributed by atoms with van der Waals surface area (Å²) in [5.41, 5.74) is 6.36. The van der Waals surface area contributed by atoms with E-state index < -0.39 is 0 Å². The molecular weight excluding hydrogens is 486 g/mol. The van der Waals surface area contributed by atoms with Gasteiger partial charge >= 0.3 is 0 Å². The fourth-order valence-electron chi connectivity index (χ4n) is 5.50. The van der Waals surface area contributed by atoms with Crippen LogP contribution in [0.25, 0.3) is 22.2 Å². The van der Waals surface area contributed by atoms with Gasteiger partial charge in [-0.05, 0) is 66.2 Å². The highest BCUT2D eigenvalue weighted by molar-refractivity contribution is 7.16. The molecule has 4 aromatic rings. The van der Waals surface area contributed by atoms with Crippen molar-refractivity contribution in [1.29, 1.82) is 5.26 Å². The van der Waals surface area contributed by atoms with Crippen molar-refractivity contribution in [1.82, 2.24) is 4.98 Å². The summed E-state index contributed by atoms with van der Waals surface area (Å²) in [6.45, 7) is 11.3. The maximum Gasteiger partial charge on any atom is 0.257 e. The van der Waals surface area contributed by atoms with E-state index in [-0.39, 0.29) is 11.3 Å². The summed E-state index contributed by atoms with van der Waals surface area (Å²) in [5, 5.41) is 14.6. The van der Waals surface area contributed by atoms with Gasteiger partial charge < -0.3 is 5.32 Å². The molecule has 0 radical (unpaired) electrons. The molecule has 5 heteroatoms. The van der Waals surface area contributed by atoms with Crippen molar-refractivity contribution in [2.45, 2.75) is 60.3 Å². The van der Waals surface area contributed by atoms with Crippen molar-refractivity contribution >= 4 is 33.1 Å². The first-order chi connectivity index (χ1) is 18.1. The molecule has 2 aromatic heterocycles. The van der Waals surface area contributed by atoms with Crippen LogP contribution >= 0.6 is 11.3 Å². The van der Waals surface area contributed by atoms with E-state index in [0.29, 0.717) is 28.0 Å². The number of carbonyl (C=O) groups is 1. The fourth-order valence-corrected chi connectivity index (χ4v) is 6.77. The standard InChI is InChI=1S/C33H35N3OS/c1-20(2)16-21-10-12-22(13-11-21)29-18-26(24-8-6-7-9-28(24)35-29)31(37)36-32-27(19-34)25-15-14-23(33(3,4)5)17-30(25)38-32/h6-13,18,20,23H,14-17H2,1-5H3,(H,36,37)/t23-/m1/s1. The van der Waals surface area contributed by atoms with Gasteiger partial charge in [0.2, 0.25) is 0 Å². The maximum atomic E-state index is 13.7. The normalized spacial score (nSPS) is 15.3. The Morgan fingerprint density at radius 2 is 1.89 bits per heavy atom. The molecule has 4 nitrogen and oxygen atoms in total. The third-order valence-corrected chi connectivity index (χ3v) is 8.85. The molecule has 0 aliphatic heterocycles. The first-order valence-corrected chi connectivity index (χ1v) is 14.3. The zero-order valence-corrected chi connectivity index (χ0v) is 23.7. The first kappa shape index (κ1) is 26.1. The van der Waals surface area contributed by atoms with E-state index in [1.54, 1.807) is 11.3 Å². The van der Waals surface area contributed by atoms with E-state index in [9.17, 15) is 10.1 Å². The zero-order chi connectivity index (χ0) is 27.0. The number of anilines is 1. The van der Waals surface area contributed by atoms with Crippen molar-refractivity contribution in [3.63, 3.8) is 0 Å². The largest absolute Gasteiger partial charge is 0.312 e. The number of carbonyl (C=O) groups excluding carboxylic acids is 1. The number of fused-ring (bicyclic) bond motifs is 2. The molecule has 2 aromatic carbocycles. The number of thiophene rings is 1. The van der Waals surface area contributed by atoms with Crippen LogP contribution in [-0.2, 0) is 19.3 Å². The quantitative estimate of drug-likeness (QED) is 0.286. The van der Waals surface area contributed by atoms with Crippen LogP contribution in [0, 0.1) is 28.6 Å². The van der Waals surface area contributed by atoms with Gasteiger partial charge in [0.05, 0.1) is 22.3 Å². The molecule has 38 heavy (non-hydrogen) atoms. The molecule has 0 saturated carbocycles. The topological polar surface area (TPSA) is 65.8 Å². The van der Waals surface area contributed by atoms with Crippen molar-refractivity contribution in [2.24, 2.45) is 17.3 Å². The molecule has 1 aliphatic carbocycles. The van der Waals surface area contributed by atoms with Crippen LogP contribution in [0.5, 0.6) is 0 Å². The molecule has 0 saturated heterocycles. The van der Waals surface area contributed by atoms with Crippen molar-refractivity contribution in [2.75, 3.05) is 5.32 Å². The van der Waals surface area contributed by atoms with Crippen LogP contribution in [0.1, 0.15) is 73.0 Å². The van der Waals surface area contributed by atoms with Crippen LogP contribution < -0.4 is 5.32 Å². The van der Waals surface area contributed by atoms with E-state index in [1.807, 2.05) is 30.3 Å². The number of pyridine rings is 1. The number of aromatic nitrogens is 1. The molecule has 2 heterocycles. The number of nitrogens with zero attached hydrogens (tertiary/aromatic N) is 2. The minimum absolute atomic E-state index is 0.205. The molecule has 1 atom stereocenters. The van der Waals surface area contributed by atoms with Gasteiger partial charge in [-0.1, -0.05) is 77.1 Å². The van der Waals surface area contributed by atoms with Gasteiger partial charge in [0.25, 0.3) is 5.91 Å². The van der Waals surface area contributed by atoms with Crippen molar-refractivity contribution in [3.8, 4) is 17.3 Å². The second-order valence-corrected chi connectivity index (χ2v) is 13.1. The summed E-state index contributed by atoms with van der Waals surface area (Å²) in [6, 6.07) is 20.5. The number of benzene rings is 2. The Balaban J connectivity index is 1.49. The molecule has 0 bridgehead atoms. The lowest BCUT2D eigenvalue weighted by Gasteiger charge is -2.33. The Morgan fingerprint density at radius 1 is 1.16 bits per heavy atom. The predicted molar refractivity (Wildman–Crippen MR) is 158 cm³/mol. The minimum atomic E-state index is -0.205. The third kappa shape index (κ3) is 5.24. The van der Waals surface area contributed by atoms with Crippen LogP contribution in [0.3, 0.4) is 0 Å². The second kappa shape index (κ2) is 10.3. The number of para-hydroxylation sites is 1. The van der Waals surface area contributed by atoms with Gasteiger partial charge in [0.15, 0.2) is 0 Å². The van der Waals surface area contributed by atoms with Gasteiger partial charge in [0.1, 0.15) is 11.1 Å². The van der Waals surface area contributed by atoms with E-state index in [2.05, 4.69) is 70.3 Å². The Bertz CT molecular complexity index is 1530. The highest BCUT2D eigenvalue weighted by Gasteiger charge is 2.32. The average Bonchev–Trinajstić information content (AvgIpc) is 3.23. The van der Waals surface area contributed by atoms with Crippen LogP contribution in [-0.4, -0.2) is 10.9 Å². The molecule has 1 aliphatic rings. The van der Waals surface area contributed by atoms with Crippen molar-refractivity contribution < 1.29 is 4.79 Å². The summed E-state index contributed by atoms with van der Waals surface area (Å²) in [5.74, 6) is 0.960. The summed E-state index contributed by atoms with van der Waals surface area (Å²) in [7, 11) is 0. The molecule has 194 valence electrons. The number of nitrogens with one attached hydrogen (secondary N) is 1. The Hall–Kier alpha value is -3.49. The number of rotatable bonds is 5. The summed E-state index contributed by atoms with van der Waals surface area (Å²) >= 11 is 1.57. The number of amides is 1. The van der Waals surface area contributed by atoms with Crippen LogP contribution in [0.4, 0.5) is 5.00 Å².